The summed E-state index contributed by atoms with van der Waals surface area (Å²) >= 11 is 0. The van der Waals surface area contributed by atoms with Crippen LogP contribution in [-0.2, 0) is 0 Å². The third kappa shape index (κ3) is 1.22. The summed E-state index contributed by atoms with van der Waals surface area (Å²) in [7, 11) is 0. The van der Waals surface area contributed by atoms with E-state index in [0.29, 0.717) is 0 Å². The monoisotopic (exact) mass is 199 g/mol. The van der Waals surface area contributed by atoms with Crippen molar-refractivity contribution in [3.63, 3.8) is 0 Å². The van der Waals surface area contributed by atoms with E-state index in [2.05, 4.69) is 16.3 Å². The van der Waals surface area contributed by atoms with Gasteiger partial charge < -0.3 is 4.42 Å². The molecule has 2 heterocycles. The molecule has 0 N–H and O–H groups in total. The van der Waals surface area contributed by atoms with Crippen LogP contribution in [0.15, 0.2) is 41.3 Å². The molecule has 3 rings (SSSR count). The number of benzene rings is 1. The highest BCUT2D eigenvalue weighted by molar-refractivity contribution is 5.79. The van der Waals surface area contributed by atoms with Crippen molar-refractivity contribution in [3.05, 3.63) is 42.7 Å². The van der Waals surface area contributed by atoms with Crippen LogP contribution in [0, 0.1) is 6.92 Å². The number of rotatable bonds is 1. The molecule has 0 radical (unpaired) electrons. The first-order valence-corrected chi connectivity index (χ1v) is 4.69. The van der Waals surface area contributed by atoms with Crippen molar-refractivity contribution >= 4 is 11.0 Å². The number of aryl methyl sites for hydroxylation is 1. The fourth-order valence-corrected chi connectivity index (χ4v) is 1.65. The molecule has 0 spiro atoms. The van der Waals surface area contributed by atoms with E-state index in [1.54, 1.807) is 12.6 Å². The van der Waals surface area contributed by atoms with E-state index in [-0.39, 0.29) is 0 Å². The minimum Gasteiger partial charge on any atom is -0.464 e. The van der Waals surface area contributed by atoms with E-state index in [0.717, 1.165) is 22.5 Å². The molecule has 0 saturated carbocycles. The molecule has 0 aliphatic heterocycles. The van der Waals surface area contributed by atoms with Gasteiger partial charge in [0.25, 0.3) is 0 Å². The van der Waals surface area contributed by atoms with Crippen LogP contribution in [0.2, 0.25) is 0 Å². The van der Waals surface area contributed by atoms with Crippen molar-refractivity contribution in [2.45, 2.75) is 6.92 Å². The van der Waals surface area contributed by atoms with Gasteiger partial charge in [-0.1, -0.05) is 0 Å². The fraction of sp³-hybridized carbons (Fsp3) is 0.0909. The Morgan fingerprint density at radius 3 is 3.00 bits per heavy atom. The van der Waals surface area contributed by atoms with Crippen LogP contribution in [0.3, 0.4) is 0 Å². The molecule has 0 fully saturated rings. The summed E-state index contributed by atoms with van der Waals surface area (Å²) in [6.07, 6.45) is 3.39. The zero-order chi connectivity index (χ0) is 10.3. The summed E-state index contributed by atoms with van der Waals surface area (Å²) in [6.45, 7) is 1.92. The molecule has 0 amide bonds. The zero-order valence-electron chi connectivity index (χ0n) is 8.21. The Morgan fingerprint density at radius 2 is 2.20 bits per heavy atom. The average Bonchev–Trinajstić information content (AvgIpc) is 2.84. The maximum atomic E-state index is 5.28. The molecule has 74 valence electrons. The molecule has 0 saturated heterocycles. The van der Waals surface area contributed by atoms with Gasteiger partial charge in [-0.3, -0.25) is 4.57 Å². The Balaban J connectivity index is 2.23. The molecule has 0 aliphatic rings. The fourth-order valence-electron chi connectivity index (χ4n) is 1.65. The van der Waals surface area contributed by atoms with Gasteiger partial charge in [0.05, 0.1) is 6.26 Å². The Kier molecular flexibility index (Phi) is 1.62. The van der Waals surface area contributed by atoms with E-state index in [4.69, 9.17) is 4.42 Å². The van der Waals surface area contributed by atoms with Gasteiger partial charge in [0.1, 0.15) is 17.7 Å². The van der Waals surface area contributed by atoms with Crippen molar-refractivity contribution < 1.29 is 4.42 Å². The largest absolute Gasteiger partial charge is 0.464 e. The van der Waals surface area contributed by atoms with E-state index in [1.807, 2.05) is 29.7 Å². The first-order chi connectivity index (χ1) is 7.34. The normalized spacial score (nSPS) is 11.0. The number of hydrogen-bond donors (Lipinski definition) is 0. The number of fused-ring (bicyclic) bond motifs is 1. The van der Waals surface area contributed by atoms with Crippen LogP contribution in [0.1, 0.15) is 5.82 Å². The molecule has 2 aromatic heterocycles. The van der Waals surface area contributed by atoms with Crippen LogP contribution in [0.4, 0.5) is 0 Å². The van der Waals surface area contributed by atoms with Crippen LogP contribution in [0.25, 0.3) is 16.7 Å². The molecule has 0 aliphatic carbocycles. The maximum Gasteiger partial charge on any atom is 0.134 e. The van der Waals surface area contributed by atoms with Crippen LogP contribution >= 0.6 is 0 Å². The van der Waals surface area contributed by atoms with Gasteiger partial charge in [0.2, 0.25) is 0 Å². The molecule has 1 aromatic carbocycles. The highest BCUT2D eigenvalue weighted by Gasteiger charge is 2.03. The van der Waals surface area contributed by atoms with Gasteiger partial charge in [0, 0.05) is 11.1 Å². The third-order valence-corrected chi connectivity index (χ3v) is 2.43. The lowest BCUT2D eigenvalue weighted by atomic mass is 10.2. The minimum absolute atomic E-state index is 0.873. The van der Waals surface area contributed by atoms with E-state index < -0.39 is 0 Å². The Labute approximate surface area is 86.2 Å². The third-order valence-electron chi connectivity index (χ3n) is 2.43. The predicted molar refractivity (Wildman–Crippen MR) is 55.9 cm³/mol. The minimum atomic E-state index is 0.873. The highest BCUT2D eigenvalue weighted by atomic mass is 16.3. The number of furan rings is 1. The maximum absolute atomic E-state index is 5.28. The van der Waals surface area contributed by atoms with Crippen LogP contribution < -0.4 is 0 Å². The summed E-state index contributed by atoms with van der Waals surface area (Å²) < 4.78 is 7.22. The molecule has 0 unspecified atom stereocenters. The summed E-state index contributed by atoms with van der Waals surface area (Å²) in [4.78, 5) is 0. The summed E-state index contributed by atoms with van der Waals surface area (Å²) in [5, 5.41) is 8.89. The predicted octanol–water partition coefficient (Wildman–Crippen LogP) is 2.32. The second kappa shape index (κ2) is 2.95. The first kappa shape index (κ1) is 8.23. The molecule has 4 heteroatoms. The number of nitrogens with zero attached hydrogens (tertiary/aromatic N) is 3. The van der Waals surface area contributed by atoms with Crippen LogP contribution in [0.5, 0.6) is 0 Å². The van der Waals surface area contributed by atoms with E-state index in [9.17, 15) is 0 Å². The summed E-state index contributed by atoms with van der Waals surface area (Å²) in [5.41, 5.74) is 1.94. The van der Waals surface area contributed by atoms with Gasteiger partial charge >= 0.3 is 0 Å². The molecular weight excluding hydrogens is 190 g/mol. The molecule has 15 heavy (non-hydrogen) atoms. The topological polar surface area (TPSA) is 43.9 Å². The van der Waals surface area contributed by atoms with Crippen LogP contribution in [-0.4, -0.2) is 14.8 Å². The lowest BCUT2D eigenvalue weighted by Crippen LogP contribution is -1.94. The van der Waals surface area contributed by atoms with Gasteiger partial charge in [-0.05, 0) is 31.2 Å². The molecule has 0 bridgehead atoms. The average molecular weight is 199 g/mol. The van der Waals surface area contributed by atoms with Crippen molar-refractivity contribution in [1.82, 2.24) is 14.8 Å². The van der Waals surface area contributed by atoms with Crippen molar-refractivity contribution in [1.29, 1.82) is 0 Å². The quantitative estimate of drug-likeness (QED) is 0.604. The van der Waals surface area contributed by atoms with Gasteiger partial charge in [-0.2, -0.15) is 0 Å². The highest BCUT2D eigenvalue weighted by Crippen LogP contribution is 2.19. The van der Waals surface area contributed by atoms with Gasteiger partial charge in [0.15, 0.2) is 0 Å². The number of hydrogen-bond acceptors (Lipinski definition) is 3. The lowest BCUT2D eigenvalue weighted by molar-refractivity contribution is 0.616. The molecule has 3 aromatic rings. The van der Waals surface area contributed by atoms with E-state index >= 15 is 0 Å². The Bertz CT molecular complexity index is 609. The number of aromatic nitrogens is 3. The summed E-state index contributed by atoms with van der Waals surface area (Å²) in [6, 6.07) is 7.93. The second-order valence-electron chi connectivity index (χ2n) is 3.39. The molecular formula is C11H9N3O. The van der Waals surface area contributed by atoms with Gasteiger partial charge in [-0.15, -0.1) is 10.2 Å². The van der Waals surface area contributed by atoms with Crippen molar-refractivity contribution in [3.8, 4) is 5.69 Å². The lowest BCUT2D eigenvalue weighted by Gasteiger charge is -2.02. The second-order valence-corrected chi connectivity index (χ2v) is 3.39. The first-order valence-electron chi connectivity index (χ1n) is 4.69. The summed E-state index contributed by atoms with van der Waals surface area (Å²) in [5.74, 6) is 0.873. The molecule has 4 nitrogen and oxygen atoms in total. The van der Waals surface area contributed by atoms with E-state index in [1.165, 1.54) is 0 Å². The molecule has 0 atom stereocenters. The van der Waals surface area contributed by atoms with Crippen molar-refractivity contribution in [2.24, 2.45) is 0 Å². The standard InChI is InChI=1S/C11H9N3O/c1-8-13-12-7-14(8)10-2-3-11-9(6-10)4-5-15-11/h2-7H,1H3. The smallest absolute Gasteiger partial charge is 0.134 e. The van der Waals surface area contributed by atoms with Crippen molar-refractivity contribution in [2.75, 3.05) is 0 Å². The zero-order valence-corrected chi connectivity index (χ0v) is 8.21. The Morgan fingerprint density at radius 1 is 1.27 bits per heavy atom. The van der Waals surface area contributed by atoms with Gasteiger partial charge in [-0.25, -0.2) is 0 Å². The Hall–Kier alpha value is -2.10. The SMILES string of the molecule is Cc1nncn1-c1ccc2occc2c1.